The lowest BCUT2D eigenvalue weighted by Crippen LogP contribution is -2.54. The molecule has 2 rings (SSSR count). The zero-order valence-corrected chi connectivity index (χ0v) is 23.0. The van der Waals surface area contributed by atoms with Crippen LogP contribution in [0.25, 0.3) is 0 Å². The number of alkyl carbamates (subject to hydrolysis) is 1. The smallest absolute Gasteiger partial charge is 0.408 e. The van der Waals surface area contributed by atoms with Gasteiger partial charge in [0.15, 0.2) is 0 Å². The second-order valence-electron chi connectivity index (χ2n) is 10.3. The predicted octanol–water partition coefficient (Wildman–Crippen LogP) is 3.61. The molecule has 0 fully saturated rings. The quantitative estimate of drug-likeness (QED) is 0.312. The highest BCUT2D eigenvalue weighted by Gasteiger charge is 2.36. The zero-order valence-electron chi connectivity index (χ0n) is 23.0. The SMILES string of the molecule is CCCCNC(=O)C(c1cccc(C)c1)N(CCO)C(=O)C(Cc1ccc(O)cc1)NC(=O)OC(C)(C)C. The molecule has 9 heteroatoms. The summed E-state index contributed by atoms with van der Waals surface area (Å²) in [6, 6.07) is 11.5. The molecule has 3 amide bonds. The molecule has 0 saturated carbocycles. The average molecular weight is 528 g/mol. The number of rotatable bonds is 12. The summed E-state index contributed by atoms with van der Waals surface area (Å²) in [4.78, 5) is 41.5. The van der Waals surface area contributed by atoms with Crippen molar-refractivity contribution in [2.24, 2.45) is 0 Å². The molecule has 4 N–H and O–H groups in total. The fourth-order valence-corrected chi connectivity index (χ4v) is 3.99. The number of amides is 3. The van der Waals surface area contributed by atoms with E-state index in [1.54, 1.807) is 39.0 Å². The van der Waals surface area contributed by atoms with Gasteiger partial charge in [-0.1, -0.05) is 55.3 Å². The lowest BCUT2D eigenvalue weighted by molar-refractivity contribution is -0.143. The number of hydrogen-bond donors (Lipinski definition) is 4. The first-order chi connectivity index (χ1) is 17.9. The lowest BCUT2D eigenvalue weighted by Gasteiger charge is -2.34. The Balaban J connectivity index is 2.49. The summed E-state index contributed by atoms with van der Waals surface area (Å²) in [5, 5.41) is 25.1. The molecule has 0 saturated heterocycles. The van der Waals surface area contributed by atoms with E-state index in [-0.39, 0.29) is 31.2 Å². The first kappa shape index (κ1) is 30.6. The molecule has 0 spiro atoms. The highest BCUT2D eigenvalue weighted by molar-refractivity contribution is 5.92. The van der Waals surface area contributed by atoms with Gasteiger partial charge >= 0.3 is 6.09 Å². The number of phenolic OH excluding ortho intramolecular Hbond substituents is 1. The number of aryl methyl sites for hydroxylation is 1. The Kier molecular flexibility index (Phi) is 11.6. The third kappa shape index (κ3) is 9.70. The van der Waals surface area contributed by atoms with Crippen LogP contribution in [-0.2, 0) is 20.7 Å². The third-order valence-electron chi connectivity index (χ3n) is 5.74. The Labute approximate surface area is 225 Å². The van der Waals surface area contributed by atoms with Crippen LogP contribution in [0.4, 0.5) is 4.79 Å². The molecule has 2 unspecified atom stereocenters. The number of phenols is 1. The highest BCUT2D eigenvalue weighted by Crippen LogP contribution is 2.24. The number of carbonyl (C=O) groups is 3. The zero-order chi connectivity index (χ0) is 28.3. The monoisotopic (exact) mass is 527 g/mol. The van der Waals surface area contributed by atoms with Crippen molar-refractivity contribution < 1.29 is 29.3 Å². The van der Waals surface area contributed by atoms with Crippen molar-refractivity contribution >= 4 is 17.9 Å². The van der Waals surface area contributed by atoms with Crippen molar-refractivity contribution in [2.75, 3.05) is 19.7 Å². The third-order valence-corrected chi connectivity index (χ3v) is 5.74. The predicted molar refractivity (Wildman–Crippen MR) is 146 cm³/mol. The van der Waals surface area contributed by atoms with Gasteiger partial charge in [-0.15, -0.1) is 0 Å². The maximum absolute atomic E-state index is 14.1. The first-order valence-electron chi connectivity index (χ1n) is 13.0. The summed E-state index contributed by atoms with van der Waals surface area (Å²) in [5.74, 6) is -0.844. The molecular formula is C29H41N3O6. The minimum absolute atomic E-state index is 0.0712. The number of aromatic hydroxyl groups is 1. The summed E-state index contributed by atoms with van der Waals surface area (Å²) in [6.45, 7) is 9.01. The van der Waals surface area contributed by atoms with E-state index in [9.17, 15) is 24.6 Å². The molecule has 0 heterocycles. The van der Waals surface area contributed by atoms with Crippen molar-refractivity contribution in [1.29, 1.82) is 0 Å². The van der Waals surface area contributed by atoms with Gasteiger partial charge in [0.1, 0.15) is 23.4 Å². The number of hydrogen-bond acceptors (Lipinski definition) is 6. The van der Waals surface area contributed by atoms with Crippen molar-refractivity contribution in [3.63, 3.8) is 0 Å². The molecule has 2 aromatic carbocycles. The largest absolute Gasteiger partial charge is 0.508 e. The van der Waals surface area contributed by atoms with Gasteiger partial charge in [0.25, 0.3) is 0 Å². The van der Waals surface area contributed by atoms with Gasteiger partial charge in [0, 0.05) is 19.5 Å². The van der Waals surface area contributed by atoms with Crippen molar-refractivity contribution in [3.05, 3.63) is 65.2 Å². The maximum Gasteiger partial charge on any atom is 0.408 e. The molecule has 0 aliphatic carbocycles. The number of nitrogens with zero attached hydrogens (tertiary/aromatic N) is 1. The van der Waals surface area contributed by atoms with E-state index >= 15 is 0 Å². The fraction of sp³-hybridized carbons (Fsp3) is 0.483. The van der Waals surface area contributed by atoms with Crippen molar-refractivity contribution in [2.45, 2.75) is 71.6 Å². The van der Waals surface area contributed by atoms with Crippen LogP contribution in [0.3, 0.4) is 0 Å². The Morgan fingerprint density at radius 3 is 2.34 bits per heavy atom. The normalized spacial score (nSPS) is 12.8. The molecular weight excluding hydrogens is 486 g/mol. The van der Waals surface area contributed by atoms with E-state index in [0.717, 1.165) is 18.4 Å². The van der Waals surface area contributed by atoms with Crippen LogP contribution in [0.15, 0.2) is 48.5 Å². The number of nitrogens with one attached hydrogen (secondary N) is 2. The minimum Gasteiger partial charge on any atom is -0.508 e. The molecule has 0 aliphatic rings. The van der Waals surface area contributed by atoms with Gasteiger partial charge < -0.3 is 30.5 Å². The van der Waals surface area contributed by atoms with Crippen LogP contribution in [0, 0.1) is 6.92 Å². The summed E-state index contributed by atoms with van der Waals surface area (Å²) < 4.78 is 5.40. The van der Waals surface area contributed by atoms with Gasteiger partial charge in [0.05, 0.1) is 6.61 Å². The number of ether oxygens (including phenoxy) is 1. The lowest BCUT2D eigenvalue weighted by atomic mass is 9.99. The number of carbonyl (C=O) groups excluding carboxylic acids is 3. The summed E-state index contributed by atoms with van der Waals surface area (Å²) in [6.07, 6.45) is 0.976. The molecule has 0 radical (unpaired) electrons. The minimum atomic E-state index is -1.10. The topological polar surface area (TPSA) is 128 Å². The van der Waals surface area contributed by atoms with Gasteiger partial charge in [-0.05, 0) is 57.4 Å². The second kappa shape index (κ2) is 14.4. The van der Waals surface area contributed by atoms with Crippen LogP contribution >= 0.6 is 0 Å². The number of aliphatic hydroxyl groups excluding tert-OH is 1. The molecule has 0 bridgehead atoms. The highest BCUT2D eigenvalue weighted by atomic mass is 16.6. The first-order valence-corrected chi connectivity index (χ1v) is 13.0. The molecule has 0 aliphatic heterocycles. The molecule has 9 nitrogen and oxygen atoms in total. The van der Waals surface area contributed by atoms with E-state index < -0.39 is 29.7 Å². The van der Waals surface area contributed by atoms with E-state index in [4.69, 9.17) is 4.74 Å². The number of unbranched alkanes of at least 4 members (excludes halogenated alkanes) is 1. The van der Waals surface area contributed by atoms with Crippen molar-refractivity contribution in [1.82, 2.24) is 15.5 Å². The standard InChI is InChI=1S/C29H41N3O6/c1-6-7-15-30-26(35)25(22-10-8-9-20(2)18-22)32(16-17-33)27(36)24(31-28(37)38-29(3,4)5)19-21-11-13-23(34)14-12-21/h8-14,18,24-25,33-34H,6-7,15-17,19H2,1-5H3,(H,30,35)(H,31,37). The summed E-state index contributed by atoms with van der Waals surface area (Å²) in [5.41, 5.74) is 1.41. The van der Waals surface area contributed by atoms with Gasteiger partial charge in [-0.2, -0.15) is 0 Å². The molecule has 0 aromatic heterocycles. The maximum atomic E-state index is 14.1. The van der Waals surface area contributed by atoms with E-state index in [1.165, 1.54) is 17.0 Å². The van der Waals surface area contributed by atoms with Crippen LogP contribution in [0.5, 0.6) is 5.75 Å². The Morgan fingerprint density at radius 1 is 1.08 bits per heavy atom. The number of benzene rings is 2. The molecule has 2 aromatic rings. The molecule has 38 heavy (non-hydrogen) atoms. The van der Waals surface area contributed by atoms with Crippen LogP contribution < -0.4 is 10.6 Å². The molecule has 208 valence electrons. The van der Waals surface area contributed by atoms with E-state index in [0.29, 0.717) is 17.7 Å². The number of aliphatic hydroxyl groups is 1. The molecule has 2 atom stereocenters. The van der Waals surface area contributed by atoms with Gasteiger partial charge in [-0.3, -0.25) is 9.59 Å². The fourth-order valence-electron chi connectivity index (χ4n) is 3.99. The summed E-state index contributed by atoms with van der Waals surface area (Å²) >= 11 is 0. The van der Waals surface area contributed by atoms with Crippen LogP contribution in [0.1, 0.15) is 63.3 Å². The van der Waals surface area contributed by atoms with Crippen molar-refractivity contribution in [3.8, 4) is 5.75 Å². The van der Waals surface area contributed by atoms with E-state index in [1.807, 2.05) is 32.0 Å². The average Bonchev–Trinajstić information content (AvgIpc) is 2.83. The van der Waals surface area contributed by atoms with E-state index in [2.05, 4.69) is 10.6 Å². The Hall–Kier alpha value is -3.59. The Bertz CT molecular complexity index is 1060. The van der Waals surface area contributed by atoms with Crippen LogP contribution in [-0.4, -0.2) is 64.4 Å². The van der Waals surface area contributed by atoms with Crippen LogP contribution in [0.2, 0.25) is 0 Å². The van der Waals surface area contributed by atoms with Gasteiger partial charge in [0.2, 0.25) is 11.8 Å². The summed E-state index contributed by atoms with van der Waals surface area (Å²) in [7, 11) is 0. The van der Waals surface area contributed by atoms with Gasteiger partial charge in [-0.25, -0.2) is 4.79 Å². The Morgan fingerprint density at radius 2 is 1.76 bits per heavy atom. The second-order valence-corrected chi connectivity index (χ2v) is 10.3.